The monoisotopic (exact) mass is 212 g/mol. The molecule has 0 radical (unpaired) electrons. The third-order valence-electron chi connectivity index (χ3n) is 2.14. The first-order valence-corrected chi connectivity index (χ1v) is 5.50. The molecule has 0 bridgehead atoms. The van der Waals surface area contributed by atoms with Crippen molar-refractivity contribution in [3.63, 3.8) is 0 Å². The SMILES string of the molecule is CCNCCc1ncc(CCCOC)o1. The minimum atomic E-state index is 0.771. The Morgan fingerprint density at radius 1 is 1.47 bits per heavy atom. The number of oxazole rings is 1. The summed E-state index contributed by atoms with van der Waals surface area (Å²) < 4.78 is 10.5. The van der Waals surface area contributed by atoms with Crippen LogP contribution in [0.1, 0.15) is 25.0 Å². The highest BCUT2D eigenvalue weighted by atomic mass is 16.5. The van der Waals surface area contributed by atoms with Gasteiger partial charge >= 0.3 is 0 Å². The molecule has 1 heterocycles. The van der Waals surface area contributed by atoms with Crippen LogP contribution in [0.25, 0.3) is 0 Å². The molecule has 0 spiro atoms. The Morgan fingerprint density at radius 2 is 2.33 bits per heavy atom. The van der Waals surface area contributed by atoms with E-state index in [0.717, 1.165) is 50.6 Å². The Hall–Kier alpha value is -0.870. The number of hydrogen-bond donors (Lipinski definition) is 1. The maximum absolute atomic E-state index is 5.57. The Bertz CT molecular complexity index is 236. The Kier molecular flexibility index (Phi) is 6.04. The molecule has 0 atom stereocenters. The van der Waals surface area contributed by atoms with Crippen molar-refractivity contribution in [3.8, 4) is 0 Å². The van der Waals surface area contributed by atoms with Gasteiger partial charge in [0, 0.05) is 33.1 Å². The van der Waals surface area contributed by atoms with Gasteiger partial charge in [-0.2, -0.15) is 0 Å². The van der Waals surface area contributed by atoms with Crippen LogP contribution in [0.4, 0.5) is 0 Å². The van der Waals surface area contributed by atoms with E-state index >= 15 is 0 Å². The molecule has 1 rings (SSSR count). The van der Waals surface area contributed by atoms with Crippen molar-refractivity contribution in [2.75, 3.05) is 26.8 Å². The largest absolute Gasteiger partial charge is 0.446 e. The zero-order valence-corrected chi connectivity index (χ0v) is 9.58. The maximum atomic E-state index is 5.57. The molecule has 15 heavy (non-hydrogen) atoms. The summed E-state index contributed by atoms with van der Waals surface area (Å²) in [5.41, 5.74) is 0. The van der Waals surface area contributed by atoms with Crippen molar-refractivity contribution in [1.82, 2.24) is 10.3 Å². The lowest BCUT2D eigenvalue weighted by molar-refractivity contribution is 0.193. The summed E-state index contributed by atoms with van der Waals surface area (Å²) in [7, 11) is 1.71. The minimum Gasteiger partial charge on any atom is -0.446 e. The van der Waals surface area contributed by atoms with E-state index in [1.54, 1.807) is 7.11 Å². The maximum Gasteiger partial charge on any atom is 0.195 e. The molecule has 0 amide bonds. The van der Waals surface area contributed by atoms with Gasteiger partial charge in [-0.3, -0.25) is 0 Å². The van der Waals surface area contributed by atoms with Crippen LogP contribution >= 0.6 is 0 Å². The van der Waals surface area contributed by atoms with Crippen LogP contribution in [-0.4, -0.2) is 31.8 Å². The number of aromatic nitrogens is 1. The fourth-order valence-corrected chi connectivity index (χ4v) is 1.34. The first-order chi connectivity index (χ1) is 7.36. The van der Waals surface area contributed by atoms with Crippen molar-refractivity contribution in [3.05, 3.63) is 17.8 Å². The molecule has 0 aliphatic heterocycles. The predicted molar refractivity (Wildman–Crippen MR) is 58.9 cm³/mol. The van der Waals surface area contributed by atoms with Crippen LogP contribution in [0.5, 0.6) is 0 Å². The lowest BCUT2D eigenvalue weighted by atomic mass is 10.3. The molecule has 0 unspecified atom stereocenters. The molecular weight excluding hydrogens is 192 g/mol. The molecule has 1 aromatic heterocycles. The van der Waals surface area contributed by atoms with E-state index in [4.69, 9.17) is 9.15 Å². The summed E-state index contributed by atoms with van der Waals surface area (Å²) >= 11 is 0. The zero-order chi connectivity index (χ0) is 10.9. The minimum absolute atomic E-state index is 0.771. The summed E-state index contributed by atoms with van der Waals surface area (Å²) in [5, 5.41) is 3.24. The van der Waals surface area contributed by atoms with Gasteiger partial charge < -0.3 is 14.5 Å². The van der Waals surface area contributed by atoms with Gasteiger partial charge in [-0.05, 0) is 13.0 Å². The van der Waals surface area contributed by atoms with Gasteiger partial charge in [-0.15, -0.1) is 0 Å². The van der Waals surface area contributed by atoms with Crippen LogP contribution in [0, 0.1) is 0 Å². The zero-order valence-electron chi connectivity index (χ0n) is 9.58. The fraction of sp³-hybridized carbons (Fsp3) is 0.727. The summed E-state index contributed by atoms with van der Waals surface area (Å²) in [6.45, 7) is 4.77. The van der Waals surface area contributed by atoms with E-state index in [1.165, 1.54) is 0 Å². The Morgan fingerprint density at radius 3 is 3.07 bits per heavy atom. The number of hydrogen-bond acceptors (Lipinski definition) is 4. The summed E-state index contributed by atoms with van der Waals surface area (Å²) in [5.74, 6) is 1.78. The number of rotatable bonds is 8. The lowest BCUT2D eigenvalue weighted by Crippen LogP contribution is -2.16. The van der Waals surface area contributed by atoms with Crippen LogP contribution in [0.2, 0.25) is 0 Å². The van der Waals surface area contributed by atoms with E-state index in [9.17, 15) is 0 Å². The van der Waals surface area contributed by atoms with Crippen LogP contribution in [0.3, 0.4) is 0 Å². The fourth-order valence-electron chi connectivity index (χ4n) is 1.34. The number of nitrogens with one attached hydrogen (secondary N) is 1. The Balaban J connectivity index is 2.23. The van der Waals surface area contributed by atoms with Gasteiger partial charge in [0.1, 0.15) is 5.76 Å². The first-order valence-electron chi connectivity index (χ1n) is 5.50. The van der Waals surface area contributed by atoms with E-state index in [0.29, 0.717) is 0 Å². The lowest BCUT2D eigenvalue weighted by Gasteiger charge is -1.97. The second kappa shape index (κ2) is 7.43. The highest BCUT2D eigenvalue weighted by Crippen LogP contribution is 2.06. The average molecular weight is 212 g/mol. The summed E-state index contributed by atoms with van der Waals surface area (Å²) in [6, 6.07) is 0. The molecule has 0 fully saturated rings. The first kappa shape index (κ1) is 12.2. The van der Waals surface area contributed by atoms with Gasteiger partial charge in [-0.1, -0.05) is 6.92 Å². The topological polar surface area (TPSA) is 47.3 Å². The highest BCUT2D eigenvalue weighted by Gasteiger charge is 2.02. The van der Waals surface area contributed by atoms with E-state index in [2.05, 4.69) is 17.2 Å². The number of methoxy groups -OCH3 is 1. The van der Waals surface area contributed by atoms with Crippen molar-refractivity contribution >= 4 is 0 Å². The molecule has 4 heteroatoms. The van der Waals surface area contributed by atoms with Gasteiger partial charge in [0.15, 0.2) is 5.89 Å². The van der Waals surface area contributed by atoms with Gasteiger partial charge in [0.2, 0.25) is 0 Å². The number of nitrogens with zero attached hydrogens (tertiary/aromatic N) is 1. The van der Waals surface area contributed by atoms with E-state index < -0.39 is 0 Å². The molecule has 0 saturated heterocycles. The average Bonchev–Trinajstić information content (AvgIpc) is 2.67. The smallest absolute Gasteiger partial charge is 0.195 e. The Labute approximate surface area is 91.0 Å². The summed E-state index contributed by atoms with van der Waals surface area (Å²) in [6.07, 6.45) is 4.56. The molecule has 0 saturated carbocycles. The molecule has 1 N–H and O–H groups in total. The van der Waals surface area contributed by atoms with Crippen molar-refractivity contribution < 1.29 is 9.15 Å². The summed E-state index contributed by atoms with van der Waals surface area (Å²) in [4.78, 5) is 4.22. The van der Waals surface area contributed by atoms with E-state index in [1.807, 2.05) is 6.20 Å². The molecular formula is C11H20N2O2. The van der Waals surface area contributed by atoms with Crippen LogP contribution < -0.4 is 5.32 Å². The normalized spacial score (nSPS) is 10.8. The van der Waals surface area contributed by atoms with Gasteiger partial charge in [0.25, 0.3) is 0 Å². The second-order valence-electron chi connectivity index (χ2n) is 3.42. The number of aryl methyl sites for hydroxylation is 1. The molecule has 0 aromatic carbocycles. The van der Waals surface area contributed by atoms with Crippen molar-refractivity contribution in [2.24, 2.45) is 0 Å². The third-order valence-corrected chi connectivity index (χ3v) is 2.14. The molecule has 0 aliphatic carbocycles. The molecule has 1 aromatic rings. The van der Waals surface area contributed by atoms with Crippen LogP contribution in [0.15, 0.2) is 10.6 Å². The highest BCUT2D eigenvalue weighted by molar-refractivity contribution is 4.94. The number of likely N-dealkylation sites (N-methyl/N-ethyl adjacent to an activating group) is 1. The second-order valence-corrected chi connectivity index (χ2v) is 3.42. The molecule has 86 valence electrons. The number of ether oxygens (including phenoxy) is 1. The molecule has 0 aliphatic rings. The van der Waals surface area contributed by atoms with Gasteiger partial charge in [0.05, 0.1) is 6.20 Å². The predicted octanol–water partition coefficient (Wildman–Crippen LogP) is 1.41. The van der Waals surface area contributed by atoms with Gasteiger partial charge in [-0.25, -0.2) is 4.98 Å². The van der Waals surface area contributed by atoms with Crippen molar-refractivity contribution in [1.29, 1.82) is 0 Å². The molecule has 4 nitrogen and oxygen atoms in total. The van der Waals surface area contributed by atoms with Crippen molar-refractivity contribution in [2.45, 2.75) is 26.2 Å². The quantitative estimate of drug-likeness (QED) is 0.662. The van der Waals surface area contributed by atoms with Crippen LogP contribution in [-0.2, 0) is 17.6 Å². The van der Waals surface area contributed by atoms with E-state index in [-0.39, 0.29) is 0 Å². The standard InChI is InChI=1S/C11H20N2O2/c1-3-12-7-6-11-13-9-10(15-11)5-4-8-14-2/h9,12H,3-8H2,1-2H3. The third kappa shape index (κ3) is 4.95.